The summed E-state index contributed by atoms with van der Waals surface area (Å²) in [5.74, 6) is 0. The van der Waals surface area contributed by atoms with Gasteiger partial charge in [-0.05, 0) is 26.0 Å². The molecule has 0 bridgehead atoms. The van der Waals surface area contributed by atoms with Gasteiger partial charge in [0, 0.05) is 19.3 Å². The molecule has 1 saturated heterocycles. The highest BCUT2D eigenvalue weighted by Crippen LogP contribution is 2.12. The topological polar surface area (TPSA) is 54.5 Å². The van der Waals surface area contributed by atoms with E-state index < -0.39 is 0 Å². The van der Waals surface area contributed by atoms with Crippen LogP contribution in [0, 0.1) is 0 Å². The van der Waals surface area contributed by atoms with Gasteiger partial charge < -0.3 is 15.0 Å². The molecule has 1 fully saturated rings. The number of urea groups is 1. The first-order chi connectivity index (χ1) is 8.15. The Morgan fingerprint density at radius 1 is 1.47 bits per heavy atom. The fourth-order valence-electron chi connectivity index (χ4n) is 1.98. The SMILES string of the molecule is CC1CN(C(=O)Nc2cccnc2)CC(C)O1. The zero-order valence-electron chi connectivity index (χ0n) is 10.1. The number of amides is 2. The number of carbonyl (C=O) groups is 1. The molecule has 5 nitrogen and oxygen atoms in total. The van der Waals surface area contributed by atoms with Gasteiger partial charge in [0.15, 0.2) is 0 Å². The zero-order valence-corrected chi connectivity index (χ0v) is 10.1. The Morgan fingerprint density at radius 3 is 2.76 bits per heavy atom. The van der Waals surface area contributed by atoms with Crippen LogP contribution in [0.1, 0.15) is 13.8 Å². The minimum atomic E-state index is -0.0972. The summed E-state index contributed by atoms with van der Waals surface area (Å²) in [7, 11) is 0. The van der Waals surface area contributed by atoms with Crippen LogP contribution in [0.25, 0.3) is 0 Å². The molecule has 2 heterocycles. The van der Waals surface area contributed by atoms with Gasteiger partial charge in [0.25, 0.3) is 0 Å². The third-order valence-electron chi connectivity index (χ3n) is 2.62. The van der Waals surface area contributed by atoms with E-state index in [4.69, 9.17) is 4.74 Å². The summed E-state index contributed by atoms with van der Waals surface area (Å²) in [4.78, 5) is 17.7. The van der Waals surface area contributed by atoms with E-state index in [-0.39, 0.29) is 18.2 Å². The zero-order chi connectivity index (χ0) is 12.3. The maximum Gasteiger partial charge on any atom is 0.322 e. The standard InChI is InChI=1S/C12H17N3O2/c1-9-7-15(8-10(2)17-9)12(16)14-11-4-3-5-13-6-11/h3-6,9-10H,7-8H2,1-2H3,(H,14,16). The Labute approximate surface area is 101 Å². The first-order valence-electron chi connectivity index (χ1n) is 5.76. The van der Waals surface area contributed by atoms with Crippen LogP contribution in [0.5, 0.6) is 0 Å². The Hall–Kier alpha value is -1.62. The molecule has 2 rings (SSSR count). The molecule has 2 atom stereocenters. The second-order valence-corrected chi connectivity index (χ2v) is 4.33. The number of anilines is 1. The van der Waals surface area contributed by atoms with Gasteiger partial charge in [0.05, 0.1) is 24.1 Å². The van der Waals surface area contributed by atoms with E-state index in [1.165, 1.54) is 0 Å². The summed E-state index contributed by atoms with van der Waals surface area (Å²) >= 11 is 0. The van der Waals surface area contributed by atoms with Gasteiger partial charge in [-0.15, -0.1) is 0 Å². The fraction of sp³-hybridized carbons (Fsp3) is 0.500. The van der Waals surface area contributed by atoms with Gasteiger partial charge >= 0.3 is 6.03 Å². The van der Waals surface area contributed by atoms with Crippen LogP contribution in [0.2, 0.25) is 0 Å². The summed E-state index contributed by atoms with van der Waals surface area (Å²) in [6, 6.07) is 3.51. The summed E-state index contributed by atoms with van der Waals surface area (Å²) in [6.45, 7) is 5.19. The molecule has 0 radical (unpaired) electrons. The number of hydrogen-bond donors (Lipinski definition) is 1. The molecular weight excluding hydrogens is 218 g/mol. The number of nitrogens with one attached hydrogen (secondary N) is 1. The number of carbonyl (C=O) groups excluding carboxylic acids is 1. The molecule has 1 aliphatic heterocycles. The lowest BCUT2D eigenvalue weighted by Gasteiger charge is -2.35. The summed E-state index contributed by atoms with van der Waals surface area (Å²) < 4.78 is 5.58. The lowest BCUT2D eigenvalue weighted by Crippen LogP contribution is -2.49. The average Bonchev–Trinajstić information content (AvgIpc) is 2.29. The molecule has 1 N–H and O–H groups in total. The van der Waals surface area contributed by atoms with Gasteiger partial charge in [-0.1, -0.05) is 0 Å². The predicted octanol–water partition coefficient (Wildman–Crippen LogP) is 1.72. The number of hydrogen-bond acceptors (Lipinski definition) is 3. The number of aromatic nitrogens is 1. The minimum absolute atomic E-state index is 0.0819. The second-order valence-electron chi connectivity index (χ2n) is 4.33. The maximum atomic E-state index is 12.0. The molecule has 0 spiro atoms. The Bertz CT molecular complexity index is 373. The van der Waals surface area contributed by atoms with Crippen LogP contribution in [0.4, 0.5) is 10.5 Å². The third kappa shape index (κ3) is 3.17. The number of morpholine rings is 1. The summed E-state index contributed by atoms with van der Waals surface area (Å²) in [5.41, 5.74) is 0.712. The third-order valence-corrected chi connectivity index (χ3v) is 2.62. The van der Waals surface area contributed by atoms with Crippen LogP contribution in [0.3, 0.4) is 0 Å². The highest BCUT2D eigenvalue weighted by Gasteiger charge is 2.25. The van der Waals surface area contributed by atoms with Crippen LogP contribution >= 0.6 is 0 Å². The maximum absolute atomic E-state index is 12.0. The molecular formula is C12H17N3O2. The number of ether oxygens (including phenoxy) is 1. The highest BCUT2D eigenvalue weighted by molar-refractivity contribution is 5.89. The number of nitrogens with zero attached hydrogens (tertiary/aromatic N) is 2. The van der Waals surface area contributed by atoms with Crippen LogP contribution in [0.15, 0.2) is 24.5 Å². The van der Waals surface area contributed by atoms with Crippen LogP contribution in [-0.4, -0.2) is 41.2 Å². The van der Waals surface area contributed by atoms with Crippen molar-refractivity contribution >= 4 is 11.7 Å². The monoisotopic (exact) mass is 235 g/mol. The quantitative estimate of drug-likeness (QED) is 0.806. The molecule has 0 saturated carbocycles. The molecule has 1 aliphatic rings. The molecule has 92 valence electrons. The van der Waals surface area contributed by atoms with Crippen molar-refractivity contribution in [2.24, 2.45) is 0 Å². The first kappa shape index (κ1) is 11.9. The lowest BCUT2D eigenvalue weighted by atomic mass is 10.2. The smallest absolute Gasteiger partial charge is 0.322 e. The van der Waals surface area contributed by atoms with Crippen molar-refractivity contribution in [1.29, 1.82) is 0 Å². The van der Waals surface area contributed by atoms with E-state index in [1.54, 1.807) is 23.4 Å². The molecule has 1 aromatic rings. The highest BCUT2D eigenvalue weighted by atomic mass is 16.5. The normalized spacial score (nSPS) is 24.5. The van der Waals surface area contributed by atoms with Gasteiger partial charge in [-0.3, -0.25) is 4.98 Å². The molecule has 1 aromatic heterocycles. The minimum Gasteiger partial charge on any atom is -0.372 e. The molecule has 0 aliphatic carbocycles. The van der Waals surface area contributed by atoms with Crippen molar-refractivity contribution in [1.82, 2.24) is 9.88 Å². The largest absolute Gasteiger partial charge is 0.372 e. The van der Waals surface area contributed by atoms with Gasteiger partial charge in [0.2, 0.25) is 0 Å². The van der Waals surface area contributed by atoms with Crippen molar-refractivity contribution in [3.63, 3.8) is 0 Å². The Morgan fingerprint density at radius 2 is 2.18 bits per heavy atom. The van der Waals surface area contributed by atoms with Crippen molar-refractivity contribution < 1.29 is 9.53 Å². The first-order valence-corrected chi connectivity index (χ1v) is 5.76. The molecule has 5 heteroatoms. The van der Waals surface area contributed by atoms with Crippen molar-refractivity contribution in [2.75, 3.05) is 18.4 Å². The van der Waals surface area contributed by atoms with Crippen molar-refractivity contribution in [3.8, 4) is 0 Å². The van der Waals surface area contributed by atoms with E-state index in [0.717, 1.165) is 0 Å². The van der Waals surface area contributed by atoms with E-state index >= 15 is 0 Å². The Kier molecular flexibility index (Phi) is 3.58. The van der Waals surface area contributed by atoms with E-state index in [9.17, 15) is 4.79 Å². The Balaban J connectivity index is 1.96. The second kappa shape index (κ2) is 5.14. The fourth-order valence-corrected chi connectivity index (χ4v) is 1.98. The predicted molar refractivity (Wildman–Crippen MR) is 64.8 cm³/mol. The molecule has 2 unspecified atom stereocenters. The van der Waals surface area contributed by atoms with E-state index in [0.29, 0.717) is 18.8 Å². The molecule has 2 amide bonds. The van der Waals surface area contributed by atoms with Crippen molar-refractivity contribution in [2.45, 2.75) is 26.1 Å². The van der Waals surface area contributed by atoms with Gasteiger partial charge in [-0.25, -0.2) is 4.79 Å². The van der Waals surface area contributed by atoms with Crippen LogP contribution in [-0.2, 0) is 4.74 Å². The number of pyridine rings is 1. The molecule has 17 heavy (non-hydrogen) atoms. The van der Waals surface area contributed by atoms with Crippen LogP contribution < -0.4 is 5.32 Å². The lowest BCUT2D eigenvalue weighted by molar-refractivity contribution is -0.0530. The van der Waals surface area contributed by atoms with Crippen molar-refractivity contribution in [3.05, 3.63) is 24.5 Å². The summed E-state index contributed by atoms with van der Waals surface area (Å²) in [5, 5.41) is 2.82. The van der Waals surface area contributed by atoms with E-state index in [2.05, 4.69) is 10.3 Å². The van der Waals surface area contributed by atoms with E-state index in [1.807, 2.05) is 19.9 Å². The molecule has 0 aromatic carbocycles. The van der Waals surface area contributed by atoms with Gasteiger partial charge in [0.1, 0.15) is 0 Å². The van der Waals surface area contributed by atoms with Gasteiger partial charge in [-0.2, -0.15) is 0 Å². The average molecular weight is 235 g/mol. The summed E-state index contributed by atoms with van der Waals surface area (Å²) in [6.07, 6.45) is 3.47. The number of rotatable bonds is 1.